The number of rotatable bonds is 4. The smallest absolute Gasteiger partial charge is 0.120 e. The van der Waals surface area contributed by atoms with Crippen molar-refractivity contribution in [1.82, 2.24) is 0 Å². The van der Waals surface area contributed by atoms with E-state index < -0.39 is 0 Å². The predicted molar refractivity (Wildman–Crippen MR) is 72.6 cm³/mol. The van der Waals surface area contributed by atoms with Gasteiger partial charge in [-0.25, -0.2) is 0 Å². The van der Waals surface area contributed by atoms with Gasteiger partial charge in [0.05, 0.1) is 6.61 Å². The summed E-state index contributed by atoms with van der Waals surface area (Å²) in [5.74, 6) is 0.902. The number of benzene rings is 2. The maximum Gasteiger partial charge on any atom is 0.120 e. The summed E-state index contributed by atoms with van der Waals surface area (Å²) in [6.45, 7) is 4.76. The summed E-state index contributed by atoms with van der Waals surface area (Å²) in [6, 6.07) is 14.0. The largest absolute Gasteiger partial charge is 0.489 e. The van der Waals surface area contributed by atoms with Crippen molar-refractivity contribution in [2.75, 3.05) is 0 Å². The molecule has 0 aliphatic rings. The molecule has 0 spiro atoms. The summed E-state index contributed by atoms with van der Waals surface area (Å²) in [4.78, 5) is 0. The van der Waals surface area contributed by atoms with E-state index in [0.29, 0.717) is 6.61 Å². The van der Waals surface area contributed by atoms with Crippen LogP contribution in [0.4, 0.5) is 0 Å². The van der Waals surface area contributed by atoms with Crippen molar-refractivity contribution in [2.24, 2.45) is 0 Å². The first-order valence-corrected chi connectivity index (χ1v) is 6.07. The molecule has 2 rings (SSSR count). The maximum absolute atomic E-state index is 8.97. The van der Waals surface area contributed by atoms with E-state index in [1.165, 1.54) is 11.1 Å². The highest BCUT2D eigenvalue weighted by atomic mass is 16.5. The lowest BCUT2D eigenvalue weighted by molar-refractivity contribution is 0.281. The molecule has 0 atom stereocenters. The van der Waals surface area contributed by atoms with E-state index >= 15 is 0 Å². The number of ether oxygens (including phenoxy) is 1. The zero-order valence-corrected chi connectivity index (χ0v) is 10.8. The van der Waals surface area contributed by atoms with Gasteiger partial charge in [-0.2, -0.15) is 0 Å². The summed E-state index contributed by atoms with van der Waals surface area (Å²) >= 11 is 0. The minimum absolute atomic E-state index is 0.0816. The number of hydrogen-bond donors (Lipinski definition) is 1. The van der Waals surface area contributed by atoms with E-state index in [9.17, 15) is 0 Å². The average Bonchev–Trinajstić information content (AvgIpc) is 2.36. The van der Waals surface area contributed by atoms with Gasteiger partial charge in [0.25, 0.3) is 0 Å². The molecule has 2 heteroatoms. The van der Waals surface area contributed by atoms with Crippen LogP contribution in [-0.2, 0) is 13.2 Å². The van der Waals surface area contributed by atoms with Gasteiger partial charge in [-0.1, -0.05) is 30.3 Å². The Morgan fingerprint density at radius 3 is 2.00 bits per heavy atom. The molecule has 0 unspecified atom stereocenters. The Balaban J connectivity index is 2.01. The zero-order chi connectivity index (χ0) is 13.0. The van der Waals surface area contributed by atoms with Gasteiger partial charge in [0, 0.05) is 0 Å². The SMILES string of the molecule is Cc1cc(C)cc(OCc2ccc(CO)cc2)c1. The molecule has 94 valence electrons. The highest BCUT2D eigenvalue weighted by Gasteiger charge is 1.99. The molecule has 2 aromatic carbocycles. The molecule has 0 saturated heterocycles. The summed E-state index contributed by atoms with van der Waals surface area (Å²) in [7, 11) is 0. The first kappa shape index (κ1) is 12.7. The standard InChI is InChI=1S/C16H18O2/c1-12-7-13(2)9-16(8-12)18-11-15-5-3-14(10-17)4-6-15/h3-9,17H,10-11H2,1-2H3. The summed E-state index contributed by atoms with van der Waals surface area (Å²) in [6.07, 6.45) is 0. The van der Waals surface area contributed by atoms with Gasteiger partial charge in [0.1, 0.15) is 12.4 Å². The Bertz CT molecular complexity index is 495. The molecule has 18 heavy (non-hydrogen) atoms. The van der Waals surface area contributed by atoms with Crippen LogP contribution >= 0.6 is 0 Å². The molecule has 0 bridgehead atoms. The van der Waals surface area contributed by atoms with Gasteiger partial charge in [-0.05, 0) is 48.2 Å². The minimum atomic E-state index is 0.0816. The second-order valence-corrected chi connectivity index (χ2v) is 4.59. The van der Waals surface area contributed by atoms with E-state index in [1.807, 2.05) is 36.4 Å². The van der Waals surface area contributed by atoms with Crippen molar-refractivity contribution in [1.29, 1.82) is 0 Å². The van der Waals surface area contributed by atoms with Crippen LogP contribution in [0.3, 0.4) is 0 Å². The second-order valence-electron chi connectivity index (χ2n) is 4.59. The molecule has 0 amide bonds. The Labute approximate surface area is 108 Å². The topological polar surface area (TPSA) is 29.5 Å². The fourth-order valence-corrected chi connectivity index (χ4v) is 1.92. The first-order chi connectivity index (χ1) is 8.67. The average molecular weight is 242 g/mol. The monoisotopic (exact) mass is 242 g/mol. The zero-order valence-electron chi connectivity index (χ0n) is 10.8. The number of aliphatic hydroxyl groups is 1. The van der Waals surface area contributed by atoms with Gasteiger partial charge in [-0.15, -0.1) is 0 Å². The fourth-order valence-electron chi connectivity index (χ4n) is 1.92. The van der Waals surface area contributed by atoms with Gasteiger partial charge in [0.15, 0.2) is 0 Å². The van der Waals surface area contributed by atoms with Gasteiger partial charge in [0.2, 0.25) is 0 Å². The summed E-state index contributed by atoms with van der Waals surface area (Å²) in [5, 5.41) is 8.97. The third-order valence-corrected chi connectivity index (χ3v) is 2.81. The van der Waals surface area contributed by atoms with Crippen LogP contribution in [0.5, 0.6) is 5.75 Å². The Kier molecular flexibility index (Phi) is 4.00. The molecule has 0 aliphatic carbocycles. The quantitative estimate of drug-likeness (QED) is 0.890. The van der Waals surface area contributed by atoms with Crippen molar-refractivity contribution in [2.45, 2.75) is 27.1 Å². The maximum atomic E-state index is 8.97. The highest BCUT2D eigenvalue weighted by molar-refractivity contribution is 5.33. The van der Waals surface area contributed by atoms with Crippen LogP contribution in [-0.4, -0.2) is 5.11 Å². The van der Waals surface area contributed by atoms with Crippen LogP contribution < -0.4 is 4.74 Å². The number of aryl methyl sites for hydroxylation is 2. The third kappa shape index (κ3) is 3.34. The lowest BCUT2D eigenvalue weighted by atomic mass is 10.1. The molecule has 0 radical (unpaired) electrons. The Hall–Kier alpha value is -1.80. The highest BCUT2D eigenvalue weighted by Crippen LogP contribution is 2.17. The van der Waals surface area contributed by atoms with E-state index in [-0.39, 0.29) is 6.61 Å². The number of aliphatic hydroxyl groups excluding tert-OH is 1. The molecular weight excluding hydrogens is 224 g/mol. The van der Waals surface area contributed by atoms with E-state index in [1.54, 1.807) is 0 Å². The molecular formula is C16H18O2. The molecule has 0 aliphatic heterocycles. The molecule has 0 heterocycles. The van der Waals surface area contributed by atoms with E-state index in [0.717, 1.165) is 16.9 Å². The van der Waals surface area contributed by atoms with Crippen LogP contribution in [0.2, 0.25) is 0 Å². The Morgan fingerprint density at radius 1 is 0.889 bits per heavy atom. The summed E-state index contributed by atoms with van der Waals surface area (Å²) < 4.78 is 5.76. The Morgan fingerprint density at radius 2 is 1.44 bits per heavy atom. The van der Waals surface area contributed by atoms with E-state index in [4.69, 9.17) is 9.84 Å². The van der Waals surface area contributed by atoms with Crippen molar-refractivity contribution in [3.63, 3.8) is 0 Å². The normalized spacial score (nSPS) is 10.4. The molecule has 0 fully saturated rings. The van der Waals surface area contributed by atoms with Crippen LogP contribution in [0.1, 0.15) is 22.3 Å². The third-order valence-electron chi connectivity index (χ3n) is 2.81. The van der Waals surface area contributed by atoms with Gasteiger partial charge >= 0.3 is 0 Å². The molecule has 0 saturated carbocycles. The summed E-state index contributed by atoms with van der Waals surface area (Å²) in [5.41, 5.74) is 4.44. The van der Waals surface area contributed by atoms with Crippen LogP contribution in [0.15, 0.2) is 42.5 Å². The van der Waals surface area contributed by atoms with Crippen molar-refractivity contribution >= 4 is 0 Å². The van der Waals surface area contributed by atoms with E-state index in [2.05, 4.69) is 19.9 Å². The minimum Gasteiger partial charge on any atom is -0.489 e. The fraction of sp³-hybridized carbons (Fsp3) is 0.250. The van der Waals surface area contributed by atoms with Crippen molar-refractivity contribution in [3.8, 4) is 5.75 Å². The second kappa shape index (κ2) is 5.69. The lowest BCUT2D eigenvalue weighted by Gasteiger charge is -2.08. The first-order valence-electron chi connectivity index (χ1n) is 6.07. The van der Waals surface area contributed by atoms with Gasteiger partial charge in [-0.3, -0.25) is 0 Å². The van der Waals surface area contributed by atoms with Crippen LogP contribution in [0.25, 0.3) is 0 Å². The molecule has 2 nitrogen and oxygen atoms in total. The molecule has 0 aromatic heterocycles. The predicted octanol–water partition coefficient (Wildman–Crippen LogP) is 3.37. The number of hydrogen-bond acceptors (Lipinski definition) is 2. The van der Waals surface area contributed by atoms with Crippen LogP contribution in [0, 0.1) is 13.8 Å². The molecule has 1 N–H and O–H groups in total. The van der Waals surface area contributed by atoms with Crippen molar-refractivity contribution < 1.29 is 9.84 Å². The lowest BCUT2D eigenvalue weighted by Crippen LogP contribution is -1.96. The molecule has 2 aromatic rings. The van der Waals surface area contributed by atoms with Crippen molar-refractivity contribution in [3.05, 3.63) is 64.7 Å². The van der Waals surface area contributed by atoms with Gasteiger partial charge < -0.3 is 9.84 Å².